The Balaban J connectivity index is 2.37. The third-order valence-electron chi connectivity index (χ3n) is 1.99. The number of furan rings is 1. The lowest BCUT2D eigenvalue weighted by Gasteiger charge is -1.95. The van der Waals surface area contributed by atoms with Gasteiger partial charge >= 0.3 is 5.97 Å². The van der Waals surface area contributed by atoms with Gasteiger partial charge in [0.05, 0.1) is 6.26 Å². The van der Waals surface area contributed by atoms with Crippen LogP contribution < -0.4 is 0 Å². The van der Waals surface area contributed by atoms with Crippen LogP contribution in [-0.2, 0) is 0 Å². The fraction of sp³-hybridized carbons (Fsp3) is 0. The number of hydrogen-bond acceptors (Lipinski definition) is 2. The molecule has 4 heteroatoms. The van der Waals surface area contributed by atoms with Gasteiger partial charge in [-0.3, -0.25) is 0 Å². The van der Waals surface area contributed by atoms with Gasteiger partial charge in [0.15, 0.2) is 0 Å². The van der Waals surface area contributed by atoms with E-state index in [1.54, 1.807) is 24.3 Å². The Kier molecular flexibility index (Phi) is 2.47. The number of aromatic carboxylic acids is 1. The molecule has 1 aromatic heterocycles. The molecule has 15 heavy (non-hydrogen) atoms. The summed E-state index contributed by atoms with van der Waals surface area (Å²) in [5.74, 6) is -1.14. The number of carboxylic acid groups (broad SMARTS) is 1. The fourth-order valence-electron chi connectivity index (χ4n) is 1.24. The highest BCUT2D eigenvalue weighted by Gasteiger charge is 2.09. The standard InChI is InChI=1S/C11H7ClO3/c12-9-3-1-7(2-4-9)8-5-10(11(13)14)15-6-8/h1-6H,(H,13,14). The third-order valence-corrected chi connectivity index (χ3v) is 2.24. The first-order valence-corrected chi connectivity index (χ1v) is 4.62. The number of rotatable bonds is 2. The van der Waals surface area contributed by atoms with Crippen molar-refractivity contribution in [3.63, 3.8) is 0 Å². The molecule has 0 saturated carbocycles. The minimum absolute atomic E-state index is 0.0695. The van der Waals surface area contributed by atoms with Gasteiger partial charge in [0.1, 0.15) is 0 Å². The average Bonchev–Trinajstić information content (AvgIpc) is 2.68. The Morgan fingerprint density at radius 1 is 1.20 bits per heavy atom. The summed E-state index contributed by atoms with van der Waals surface area (Å²) >= 11 is 5.74. The molecule has 0 atom stereocenters. The van der Waals surface area contributed by atoms with E-state index in [0.29, 0.717) is 5.02 Å². The summed E-state index contributed by atoms with van der Waals surface area (Å²) in [6.07, 6.45) is 1.41. The molecule has 0 aliphatic rings. The van der Waals surface area contributed by atoms with E-state index in [4.69, 9.17) is 21.1 Å². The highest BCUT2D eigenvalue weighted by atomic mass is 35.5. The molecule has 0 aliphatic heterocycles. The lowest BCUT2D eigenvalue weighted by molar-refractivity contribution is 0.0662. The highest BCUT2D eigenvalue weighted by Crippen LogP contribution is 2.23. The zero-order chi connectivity index (χ0) is 10.8. The quantitative estimate of drug-likeness (QED) is 0.848. The molecular weight excluding hydrogens is 216 g/mol. The second kappa shape index (κ2) is 3.79. The van der Waals surface area contributed by atoms with Gasteiger partial charge in [0.25, 0.3) is 0 Å². The molecule has 76 valence electrons. The molecule has 1 aromatic carbocycles. The molecule has 0 spiro atoms. The van der Waals surface area contributed by atoms with E-state index in [1.807, 2.05) is 0 Å². The van der Waals surface area contributed by atoms with E-state index in [2.05, 4.69) is 0 Å². The Labute approximate surface area is 90.9 Å². The molecule has 3 nitrogen and oxygen atoms in total. The summed E-state index contributed by atoms with van der Waals surface area (Å²) in [6, 6.07) is 8.57. The van der Waals surface area contributed by atoms with E-state index in [9.17, 15) is 4.79 Å². The zero-order valence-corrected chi connectivity index (χ0v) is 8.36. The number of hydrogen-bond donors (Lipinski definition) is 1. The van der Waals surface area contributed by atoms with E-state index in [1.165, 1.54) is 12.3 Å². The predicted molar refractivity (Wildman–Crippen MR) is 56.1 cm³/mol. The number of benzene rings is 1. The van der Waals surface area contributed by atoms with Crippen LogP contribution >= 0.6 is 11.6 Å². The summed E-state index contributed by atoms with van der Waals surface area (Å²) in [6.45, 7) is 0. The molecule has 0 amide bonds. The first-order chi connectivity index (χ1) is 7.16. The van der Waals surface area contributed by atoms with Crippen molar-refractivity contribution < 1.29 is 14.3 Å². The SMILES string of the molecule is O=C(O)c1cc(-c2ccc(Cl)cc2)co1. The zero-order valence-electron chi connectivity index (χ0n) is 7.61. The lowest BCUT2D eigenvalue weighted by Crippen LogP contribution is -1.91. The molecule has 0 bridgehead atoms. The molecule has 0 saturated heterocycles. The van der Waals surface area contributed by atoms with Gasteiger partial charge < -0.3 is 9.52 Å². The van der Waals surface area contributed by atoms with Gasteiger partial charge in [-0.15, -0.1) is 0 Å². The third kappa shape index (κ3) is 2.02. The van der Waals surface area contributed by atoms with Crippen LogP contribution in [0, 0.1) is 0 Å². The van der Waals surface area contributed by atoms with Gasteiger partial charge in [-0.05, 0) is 23.8 Å². The van der Waals surface area contributed by atoms with Gasteiger partial charge in [-0.2, -0.15) is 0 Å². The van der Waals surface area contributed by atoms with Crippen molar-refractivity contribution in [3.05, 3.63) is 47.4 Å². The lowest BCUT2D eigenvalue weighted by atomic mass is 10.1. The molecule has 2 aromatic rings. The summed E-state index contributed by atoms with van der Waals surface area (Å²) in [5, 5.41) is 9.31. The van der Waals surface area contributed by atoms with Crippen LogP contribution in [0.5, 0.6) is 0 Å². The molecular formula is C11H7ClO3. The summed E-state index contributed by atoms with van der Waals surface area (Å²) in [4.78, 5) is 10.6. The Morgan fingerprint density at radius 2 is 1.87 bits per heavy atom. The second-order valence-electron chi connectivity index (χ2n) is 3.01. The van der Waals surface area contributed by atoms with E-state index in [0.717, 1.165) is 11.1 Å². The minimum Gasteiger partial charge on any atom is -0.475 e. The summed E-state index contributed by atoms with van der Waals surface area (Å²) in [5.41, 5.74) is 1.60. The topological polar surface area (TPSA) is 50.4 Å². The van der Waals surface area contributed by atoms with Gasteiger partial charge in [-0.25, -0.2) is 4.79 Å². The van der Waals surface area contributed by atoms with Gasteiger partial charge in [0, 0.05) is 10.6 Å². The molecule has 1 N–H and O–H groups in total. The maximum Gasteiger partial charge on any atom is 0.371 e. The van der Waals surface area contributed by atoms with Crippen molar-refractivity contribution in [2.45, 2.75) is 0 Å². The summed E-state index contributed by atoms with van der Waals surface area (Å²) < 4.78 is 4.88. The van der Waals surface area contributed by atoms with Crippen LogP contribution in [0.2, 0.25) is 5.02 Å². The number of halogens is 1. The van der Waals surface area contributed by atoms with Crippen molar-refractivity contribution >= 4 is 17.6 Å². The first-order valence-electron chi connectivity index (χ1n) is 4.24. The maximum atomic E-state index is 10.6. The maximum absolute atomic E-state index is 10.6. The molecule has 0 aliphatic carbocycles. The largest absolute Gasteiger partial charge is 0.475 e. The smallest absolute Gasteiger partial charge is 0.371 e. The Bertz CT molecular complexity index is 485. The van der Waals surface area contributed by atoms with Crippen LogP contribution in [0.4, 0.5) is 0 Å². The van der Waals surface area contributed by atoms with Crippen molar-refractivity contribution in [1.82, 2.24) is 0 Å². The van der Waals surface area contributed by atoms with Crippen molar-refractivity contribution in [2.24, 2.45) is 0 Å². The normalized spacial score (nSPS) is 10.2. The molecule has 0 unspecified atom stereocenters. The van der Waals surface area contributed by atoms with Gasteiger partial charge in [0.2, 0.25) is 5.76 Å². The van der Waals surface area contributed by atoms with Crippen molar-refractivity contribution in [3.8, 4) is 11.1 Å². The molecule has 2 rings (SSSR count). The van der Waals surface area contributed by atoms with E-state index < -0.39 is 5.97 Å². The summed E-state index contributed by atoms with van der Waals surface area (Å²) in [7, 11) is 0. The Morgan fingerprint density at radius 3 is 2.40 bits per heavy atom. The van der Waals surface area contributed by atoms with Crippen LogP contribution in [0.1, 0.15) is 10.6 Å². The van der Waals surface area contributed by atoms with Crippen LogP contribution in [-0.4, -0.2) is 11.1 Å². The van der Waals surface area contributed by atoms with Crippen LogP contribution in [0.3, 0.4) is 0 Å². The fourth-order valence-corrected chi connectivity index (χ4v) is 1.37. The predicted octanol–water partition coefficient (Wildman–Crippen LogP) is 3.30. The van der Waals surface area contributed by atoms with E-state index >= 15 is 0 Å². The minimum atomic E-state index is -1.07. The average molecular weight is 223 g/mol. The first kappa shape index (κ1) is 9.80. The number of carboxylic acids is 1. The van der Waals surface area contributed by atoms with Crippen molar-refractivity contribution in [1.29, 1.82) is 0 Å². The Hall–Kier alpha value is -1.74. The molecule has 0 radical (unpaired) electrons. The number of carbonyl (C=O) groups is 1. The second-order valence-corrected chi connectivity index (χ2v) is 3.45. The van der Waals surface area contributed by atoms with Crippen molar-refractivity contribution in [2.75, 3.05) is 0 Å². The van der Waals surface area contributed by atoms with E-state index in [-0.39, 0.29) is 5.76 Å². The molecule has 1 heterocycles. The monoisotopic (exact) mass is 222 g/mol. The van der Waals surface area contributed by atoms with Crippen LogP contribution in [0.25, 0.3) is 11.1 Å². The molecule has 0 fully saturated rings. The highest BCUT2D eigenvalue weighted by molar-refractivity contribution is 6.30. The van der Waals surface area contributed by atoms with Crippen LogP contribution in [0.15, 0.2) is 41.0 Å². The van der Waals surface area contributed by atoms with Gasteiger partial charge in [-0.1, -0.05) is 23.7 Å².